The lowest BCUT2D eigenvalue weighted by Gasteiger charge is -2.30. The van der Waals surface area contributed by atoms with E-state index in [1.165, 1.54) is 5.56 Å². The van der Waals surface area contributed by atoms with E-state index in [9.17, 15) is 4.79 Å². The van der Waals surface area contributed by atoms with Gasteiger partial charge >= 0.3 is 0 Å². The number of piperidine rings is 1. The van der Waals surface area contributed by atoms with Crippen LogP contribution in [0.2, 0.25) is 0 Å². The van der Waals surface area contributed by atoms with Crippen LogP contribution in [0.3, 0.4) is 0 Å². The molecular weight excluding hydrogens is 484 g/mol. The number of likely N-dealkylation sites (tertiary alicyclic amines) is 1. The Morgan fingerprint density at radius 3 is 2.79 bits per heavy atom. The van der Waals surface area contributed by atoms with Gasteiger partial charge in [-0.25, -0.2) is 0 Å². The first-order valence-corrected chi connectivity index (χ1v) is 13.4. The monoisotopic (exact) mass is 522 g/mol. The highest BCUT2D eigenvalue weighted by molar-refractivity contribution is 5.78. The number of carbonyl (C=O) groups excluding carboxylic acids is 1. The minimum atomic E-state index is -0.0443. The van der Waals surface area contributed by atoms with Crippen LogP contribution in [0.5, 0.6) is 17.2 Å². The molecule has 1 aliphatic heterocycles. The number of hydrogen-bond donors (Lipinski definition) is 1. The molecular formula is C29H38N4O5. The van der Waals surface area contributed by atoms with Crippen LogP contribution in [-0.2, 0) is 17.8 Å². The van der Waals surface area contributed by atoms with Gasteiger partial charge in [0.25, 0.3) is 0 Å². The number of aryl methyl sites for hydroxylation is 1. The van der Waals surface area contributed by atoms with E-state index in [1.807, 2.05) is 36.4 Å². The number of rotatable bonds is 13. The lowest BCUT2D eigenvalue weighted by molar-refractivity contribution is -0.126. The summed E-state index contributed by atoms with van der Waals surface area (Å²) in [5.74, 6) is 3.28. The van der Waals surface area contributed by atoms with Crippen molar-refractivity contribution in [2.24, 2.45) is 5.92 Å². The summed E-state index contributed by atoms with van der Waals surface area (Å²) in [6.45, 7) is 5.55. The number of hydrogen-bond acceptors (Lipinski definition) is 8. The van der Waals surface area contributed by atoms with Crippen molar-refractivity contribution in [3.8, 4) is 28.6 Å². The average Bonchev–Trinajstić information content (AvgIpc) is 3.42. The van der Waals surface area contributed by atoms with E-state index in [1.54, 1.807) is 14.2 Å². The van der Waals surface area contributed by atoms with E-state index in [4.69, 9.17) is 18.7 Å². The molecule has 1 N–H and O–H groups in total. The van der Waals surface area contributed by atoms with Crippen molar-refractivity contribution < 1.29 is 23.5 Å². The Hall–Kier alpha value is -3.59. The number of aromatic nitrogens is 2. The molecule has 1 unspecified atom stereocenters. The SMILES string of the molecule is CCCOc1ccccc1CCCNC(=O)C1CCCN(Cc2nc(-c3ccc(OC)c(OC)c3)no2)C1. The fourth-order valence-corrected chi connectivity index (χ4v) is 4.71. The Balaban J connectivity index is 1.25. The van der Waals surface area contributed by atoms with Gasteiger partial charge in [-0.3, -0.25) is 9.69 Å². The second-order valence-corrected chi connectivity index (χ2v) is 9.51. The summed E-state index contributed by atoms with van der Waals surface area (Å²) in [5, 5.41) is 7.27. The maximum atomic E-state index is 12.9. The number of nitrogens with zero attached hydrogens (tertiary/aromatic N) is 3. The number of carbonyl (C=O) groups is 1. The highest BCUT2D eigenvalue weighted by Crippen LogP contribution is 2.31. The summed E-state index contributed by atoms with van der Waals surface area (Å²) in [4.78, 5) is 19.7. The van der Waals surface area contributed by atoms with Crippen molar-refractivity contribution in [2.45, 2.75) is 45.6 Å². The number of para-hydroxylation sites is 1. The summed E-state index contributed by atoms with van der Waals surface area (Å²) >= 11 is 0. The highest BCUT2D eigenvalue weighted by Gasteiger charge is 2.27. The van der Waals surface area contributed by atoms with Gasteiger partial charge in [0.2, 0.25) is 17.6 Å². The van der Waals surface area contributed by atoms with Crippen molar-refractivity contribution >= 4 is 5.91 Å². The molecule has 1 aromatic heterocycles. The summed E-state index contributed by atoms with van der Waals surface area (Å²) in [5.41, 5.74) is 1.97. The molecule has 2 aromatic carbocycles. The van der Waals surface area contributed by atoms with E-state index >= 15 is 0 Å². The standard InChI is InChI=1S/C29H38N4O5/c1-4-17-37-24-12-6-5-9-21(24)10-7-15-30-29(34)23-11-8-16-33(19-23)20-27-31-28(32-38-27)22-13-14-25(35-2)26(18-22)36-3/h5-6,9,12-14,18,23H,4,7-8,10-11,15-17,19-20H2,1-3H3,(H,30,34). The highest BCUT2D eigenvalue weighted by atomic mass is 16.5. The summed E-state index contributed by atoms with van der Waals surface area (Å²) in [7, 11) is 3.19. The van der Waals surface area contributed by atoms with E-state index in [0.717, 1.165) is 50.0 Å². The van der Waals surface area contributed by atoms with Crippen LogP contribution in [0.25, 0.3) is 11.4 Å². The molecule has 0 bridgehead atoms. The molecule has 9 nitrogen and oxygen atoms in total. The predicted molar refractivity (Wildman–Crippen MR) is 144 cm³/mol. The van der Waals surface area contributed by atoms with Crippen molar-refractivity contribution in [3.05, 3.63) is 53.9 Å². The van der Waals surface area contributed by atoms with Crippen LogP contribution in [-0.4, -0.2) is 61.4 Å². The van der Waals surface area contributed by atoms with Crippen molar-refractivity contribution in [1.82, 2.24) is 20.4 Å². The molecule has 2 heterocycles. The third-order valence-electron chi connectivity index (χ3n) is 6.70. The molecule has 1 aliphatic rings. The molecule has 0 spiro atoms. The number of methoxy groups -OCH3 is 2. The normalized spacial score (nSPS) is 15.7. The summed E-state index contributed by atoms with van der Waals surface area (Å²) in [6, 6.07) is 13.6. The Kier molecular flexibility index (Phi) is 9.97. The van der Waals surface area contributed by atoms with Gasteiger partial charge in [0.15, 0.2) is 11.5 Å². The first-order chi connectivity index (χ1) is 18.6. The van der Waals surface area contributed by atoms with Crippen LogP contribution in [0.15, 0.2) is 47.0 Å². The second-order valence-electron chi connectivity index (χ2n) is 9.51. The molecule has 1 saturated heterocycles. The molecule has 1 atom stereocenters. The van der Waals surface area contributed by atoms with Crippen LogP contribution in [0.1, 0.15) is 44.1 Å². The van der Waals surface area contributed by atoms with Crippen LogP contribution < -0.4 is 19.5 Å². The summed E-state index contributed by atoms with van der Waals surface area (Å²) < 4.78 is 22.0. The maximum absolute atomic E-state index is 12.9. The maximum Gasteiger partial charge on any atom is 0.241 e. The van der Waals surface area contributed by atoms with E-state index in [2.05, 4.69) is 33.3 Å². The van der Waals surface area contributed by atoms with Crippen molar-refractivity contribution in [2.75, 3.05) is 40.5 Å². The Morgan fingerprint density at radius 2 is 1.97 bits per heavy atom. The second kappa shape index (κ2) is 13.8. The average molecular weight is 523 g/mol. The quantitative estimate of drug-likeness (QED) is 0.328. The molecule has 1 amide bonds. The van der Waals surface area contributed by atoms with Crippen molar-refractivity contribution in [3.63, 3.8) is 0 Å². The summed E-state index contributed by atoms with van der Waals surface area (Å²) in [6.07, 6.45) is 4.56. The smallest absolute Gasteiger partial charge is 0.241 e. The van der Waals surface area contributed by atoms with Gasteiger partial charge in [0, 0.05) is 18.7 Å². The largest absolute Gasteiger partial charge is 0.493 e. The number of benzene rings is 2. The van der Waals surface area contributed by atoms with Crippen molar-refractivity contribution in [1.29, 1.82) is 0 Å². The van der Waals surface area contributed by atoms with E-state index in [0.29, 0.717) is 49.5 Å². The predicted octanol–water partition coefficient (Wildman–Crippen LogP) is 4.50. The molecule has 204 valence electrons. The third kappa shape index (κ3) is 7.25. The molecule has 38 heavy (non-hydrogen) atoms. The van der Waals surface area contributed by atoms with Gasteiger partial charge in [-0.15, -0.1) is 0 Å². The Morgan fingerprint density at radius 1 is 1.13 bits per heavy atom. The zero-order valence-corrected chi connectivity index (χ0v) is 22.6. The van der Waals surface area contributed by atoms with Crippen LogP contribution in [0.4, 0.5) is 0 Å². The fraction of sp³-hybridized carbons (Fsp3) is 0.483. The van der Waals surface area contributed by atoms with Gasteiger partial charge in [-0.2, -0.15) is 4.98 Å². The minimum Gasteiger partial charge on any atom is -0.493 e. The minimum absolute atomic E-state index is 0.0443. The molecule has 0 saturated carbocycles. The fourth-order valence-electron chi connectivity index (χ4n) is 4.71. The lowest BCUT2D eigenvalue weighted by Crippen LogP contribution is -2.43. The third-order valence-corrected chi connectivity index (χ3v) is 6.70. The Labute approximate surface area is 224 Å². The van der Waals surface area contributed by atoms with Crippen LogP contribution >= 0.6 is 0 Å². The van der Waals surface area contributed by atoms with Crippen LogP contribution in [0, 0.1) is 5.92 Å². The number of ether oxygens (including phenoxy) is 3. The van der Waals surface area contributed by atoms with E-state index < -0.39 is 0 Å². The lowest BCUT2D eigenvalue weighted by atomic mass is 9.97. The first kappa shape index (κ1) is 27.4. The van der Waals surface area contributed by atoms with Gasteiger partial charge in [0.1, 0.15) is 5.75 Å². The van der Waals surface area contributed by atoms with Gasteiger partial charge in [0.05, 0.1) is 33.3 Å². The van der Waals surface area contributed by atoms with Gasteiger partial charge in [-0.1, -0.05) is 30.3 Å². The Bertz CT molecular complexity index is 1180. The topological polar surface area (TPSA) is 99.0 Å². The molecule has 3 aromatic rings. The molecule has 1 fully saturated rings. The van der Waals surface area contributed by atoms with Gasteiger partial charge in [-0.05, 0) is 68.5 Å². The van der Waals surface area contributed by atoms with Gasteiger partial charge < -0.3 is 24.1 Å². The molecule has 4 rings (SSSR count). The molecule has 0 aliphatic carbocycles. The zero-order chi connectivity index (χ0) is 26.7. The first-order valence-electron chi connectivity index (χ1n) is 13.4. The molecule has 0 radical (unpaired) electrons. The van der Waals surface area contributed by atoms with E-state index in [-0.39, 0.29) is 11.8 Å². The molecule has 9 heteroatoms. The number of nitrogens with one attached hydrogen (secondary N) is 1. The zero-order valence-electron chi connectivity index (χ0n) is 22.6. The number of amides is 1.